The van der Waals surface area contributed by atoms with Gasteiger partial charge in [-0.25, -0.2) is 0 Å². The van der Waals surface area contributed by atoms with Crippen LogP contribution in [0, 0.1) is 65.1 Å². The first-order valence-electron chi connectivity index (χ1n) is 13.5. The zero-order chi connectivity index (χ0) is 22.9. The van der Waals surface area contributed by atoms with Crippen molar-refractivity contribution in [3.05, 3.63) is 0 Å². The lowest BCUT2D eigenvalue weighted by Crippen LogP contribution is -2.39. The Morgan fingerprint density at radius 1 is 0.483 bits per heavy atom. The van der Waals surface area contributed by atoms with Gasteiger partial charge in [0.1, 0.15) is 0 Å². The molecule has 0 saturated carbocycles. The molecule has 29 heavy (non-hydrogen) atoms. The largest absolute Gasteiger partial charge is 0.0651 e. The van der Waals surface area contributed by atoms with E-state index >= 15 is 0 Å². The molecule has 0 heteroatoms. The molecule has 0 saturated heterocycles. The lowest BCUT2D eigenvalue weighted by molar-refractivity contribution is 0.0299. The molecule has 0 radical (unpaired) electrons. The van der Waals surface area contributed by atoms with Gasteiger partial charge in [0, 0.05) is 0 Å². The average molecular weight is 409 g/mol. The molecule has 0 N–H and O–H groups in total. The standard InChI is InChI=1S/C29H60/c1-14-21(9)23(11)29(22(10)20(7)8)25(13)24(12)27(16-3)28(17-4)26(15-2)18-19(5)6/h19-29H,14-18H2,1-13H3. The summed E-state index contributed by atoms with van der Waals surface area (Å²) < 4.78 is 0. The van der Waals surface area contributed by atoms with Gasteiger partial charge in [-0.3, -0.25) is 0 Å². The minimum Gasteiger partial charge on any atom is -0.0651 e. The zero-order valence-corrected chi connectivity index (χ0v) is 22.9. The van der Waals surface area contributed by atoms with Crippen LogP contribution in [0.3, 0.4) is 0 Å². The highest BCUT2D eigenvalue weighted by molar-refractivity contribution is 4.88. The Labute approximate surface area is 187 Å². The second-order valence-corrected chi connectivity index (χ2v) is 11.6. The highest BCUT2D eigenvalue weighted by Gasteiger charge is 2.39. The molecule has 0 fully saturated rings. The van der Waals surface area contributed by atoms with Gasteiger partial charge in [0.05, 0.1) is 0 Å². The molecule has 0 aliphatic rings. The Kier molecular flexibility index (Phi) is 14.1. The molecule has 0 aliphatic heterocycles. The average Bonchev–Trinajstić information content (AvgIpc) is 2.68. The number of rotatable bonds is 15. The number of hydrogen-bond donors (Lipinski definition) is 0. The van der Waals surface area contributed by atoms with Gasteiger partial charge in [-0.15, -0.1) is 0 Å². The van der Waals surface area contributed by atoms with E-state index in [9.17, 15) is 0 Å². The van der Waals surface area contributed by atoms with Crippen molar-refractivity contribution in [2.45, 2.75) is 122 Å². The summed E-state index contributed by atoms with van der Waals surface area (Å²) in [5.74, 6) is 9.10. The monoisotopic (exact) mass is 408 g/mol. The molecule has 0 amide bonds. The molecule has 9 atom stereocenters. The van der Waals surface area contributed by atoms with Gasteiger partial charge in [0.25, 0.3) is 0 Å². The molecule has 9 unspecified atom stereocenters. The van der Waals surface area contributed by atoms with E-state index in [1.807, 2.05) is 0 Å². The van der Waals surface area contributed by atoms with Crippen molar-refractivity contribution >= 4 is 0 Å². The fraction of sp³-hybridized carbons (Fsp3) is 1.00. The van der Waals surface area contributed by atoms with Crippen LogP contribution < -0.4 is 0 Å². The maximum Gasteiger partial charge on any atom is -0.0329 e. The third-order valence-electron chi connectivity index (χ3n) is 9.32. The molecule has 0 nitrogen and oxygen atoms in total. The van der Waals surface area contributed by atoms with E-state index in [1.165, 1.54) is 32.1 Å². The fourth-order valence-electron chi connectivity index (χ4n) is 6.67. The Morgan fingerprint density at radius 3 is 1.34 bits per heavy atom. The highest BCUT2D eigenvalue weighted by atomic mass is 14.4. The van der Waals surface area contributed by atoms with Gasteiger partial charge in [0.15, 0.2) is 0 Å². The van der Waals surface area contributed by atoms with Crippen LogP contribution in [0.4, 0.5) is 0 Å². The maximum absolute atomic E-state index is 2.62. The van der Waals surface area contributed by atoms with E-state index < -0.39 is 0 Å². The van der Waals surface area contributed by atoms with Gasteiger partial charge in [-0.1, -0.05) is 116 Å². The minimum absolute atomic E-state index is 0.771. The second-order valence-electron chi connectivity index (χ2n) is 11.6. The second kappa shape index (κ2) is 14.1. The molecule has 0 spiro atoms. The first-order chi connectivity index (χ1) is 13.5. The molecule has 176 valence electrons. The summed E-state index contributed by atoms with van der Waals surface area (Å²) in [5.41, 5.74) is 0. The van der Waals surface area contributed by atoms with Gasteiger partial charge in [-0.2, -0.15) is 0 Å². The molecule has 0 aromatic heterocycles. The third-order valence-corrected chi connectivity index (χ3v) is 9.32. The Balaban J connectivity index is 5.81. The molecular formula is C29H60. The number of hydrogen-bond acceptors (Lipinski definition) is 0. The van der Waals surface area contributed by atoms with Crippen molar-refractivity contribution in [3.8, 4) is 0 Å². The Bertz CT molecular complexity index is 395. The molecule has 0 aliphatic carbocycles. The van der Waals surface area contributed by atoms with Crippen molar-refractivity contribution in [1.29, 1.82) is 0 Å². The lowest BCUT2D eigenvalue weighted by Gasteiger charge is -2.46. The first kappa shape index (κ1) is 29.0. The van der Waals surface area contributed by atoms with Crippen LogP contribution in [-0.2, 0) is 0 Å². The van der Waals surface area contributed by atoms with Crippen LogP contribution in [0.25, 0.3) is 0 Å². The lowest BCUT2D eigenvalue weighted by atomic mass is 9.60. The van der Waals surface area contributed by atoms with Gasteiger partial charge in [0.2, 0.25) is 0 Å². The third kappa shape index (κ3) is 8.22. The predicted octanol–water partition coefficient (Wildman–Crippen LogP) is 9.97. The molecule has 0 heterocycles. The molecule has 0 aromatic rings. The van der Waals surface area contributed by atoms with E-state index in [2.05, 4.69) is 90.0 Å². The topological polar surface area (TPSA) is 0 Å². The van der Waals surface area contributed by atoms with E-state index in [0.717, 1.165) is 65.1 Å². The maximum atomic E-state index is 2.62. The van der Waals surface area contributed by atoms with Crippen molar-refractivity contribution in [2.24, 2.45) is 65.1 Å². The Morgan fingerprint density at radius 2 is 1.00 bits per heavy atom. The van der Waals surface area contributed by atoms with Crippen molar-refractivity contribution in [3.63, 3.8) is 0 Å². The summed E-state index contributed by atoms with van der Waals surface area (Å²) in [6.45, 7) is 32.3. The summed E-state index contributed by atoms with van der Waals surface area (Å²) in [5, 5.41) is 0. The summed E-state index contributed by atoms with van der Waals surface area (Å²) >= 11 is 0. The van der Waals surface area contributed by atoms with Crippen molar-refractivity contribution < 1.29 is 0 Å². The van der Waals surface area contributed by atoms with Crippen LogP contribution in [0.5, 0.6) is 0 Å². The fourth-order valence-corrected chi connectivity index (χ4v) is 6.67. The molecule has 0 rings (SSSR count). The summed E-state index contributed by atoms with van der Waals surface area (Å²) in [4.78, 5) is 0. The van der Waals surface area contributed by atoms with E-state index in [1.54, 1.807) is 0 Å². The Hall–Kier alpha value is 0. The van der Waals surface area contributed by atoms with Gasteiger partial charge in [-0.05, 0) is 71.5 Å². The minimum atomic E-state index is 0.771. The first-order valence-corrected chi connectivity index (χ1v) is 13.5. The quantitative estimate of drug-likeness (QED) is 0.253. The van der Waals surface area contributed by atoms with E-state index in [0.29, 0.717) is 0 Å². The SMILES string of the molecule is CCC(C)C(C)C(C(C)C(C)C)C(C)C(C)C(CC)C(CC)C(CC)CC(C)C. The summed E-state index contributed by atoms with van der Waals surface area (Å²) in [6.07, 6.45) is 6.76. The van der Waals surface area contributed by atoms with Crippen LogP contribution in [-0.4, -0.2) is 0 Å². The van der Waals surface area contributed by atoms with Crippen LogP contribution in [0.2, 0.25) is 0 Å². The predicted molar refractivity (Wildman–Crippen MR) is 135 cm³/mol. The van der Waals surface area contributed by atoms with E-state index in [4.69, 9.17) is 0 Å². The zero-order valence-electron chi connectivity index (χ0n) is 22.9. The van der Waals surface area contributed by atoms with Crippen LogP contribution >= 0.6 is 0 Å². The van der Waals surface area contributed by atoms with Crippen LogP contribution in [0.15, 0.2) is 0 Å². The normalized spacial score (nSPS) is 22.0. The summed E-state index contributed by atoms with van der Waals surface area (Å²) in [7, 11) is 0. The van der Waals surface area contributed by atoms with Crippen molar-refractivity contribution in [1.82, 2.24) is 0 Å². The van der Waals surface area contributed by atoms with Crippen LogP contribution in [0.1, 0.15) is 122 Å². The van der Waals surface area contributed by atoms with Crippen molar-refractivity contribution in [2.75, 3.05) is 0 Å². The van der Waals surface area contributed by atoms with Gasteiger partial charge < -0.3 is 0 Å². The van der Waals surface area contributed by atoms with Gasteiger partial charge >= 0.3 is 0 Å². The smallest absolute Gasteiger partial charge is 0.0329 e. The molecule has 0 bridgehead atoms. The molecule has 0 aromatic carbocycles. The molecular weight excluding hydrogens is 348 g/mol. The highest BCUT2D eigenvalue weighted by Crippen LogP contribution is 2.46. The van der Waals surface area contributed by atoms with E-state index in [-0.39, 0.29) is 0 Å². The summed E-state index contributed by atoms with van der Waals surface area (Å²) in [6, 6.07) is 0.